The minimum atomic E-state index is -0.833. The molecular weight excluding hydrogens is 478 g/mol. The Hall–Kier alpha value is -2.69. The molecule has 2 atom stereocenters. The van der Waals surface area contributed by atoms with Crippen molar-refractivity contribution in [3.8, 4) is 5.75 Å². The number of carbonyl (C=O) groups excluding carboxylic acids is 1. The van der Waals surface area contributed by atoms with Gasteiger partial charge in [0.1, 0.15) is 5.75 Å². The van der Waals surface area contributed by atoms with Gasteiger partial charge in [0, 0.05) is 52.9 Å². The summed E-state index contributed by atoms with van der Waals surface area (Å²) in [7, 11) is 0. The van der Waals surface area contributed by atoms with Gasteiger partial charge in [0.15, 0.2) is 5.72 Å². The molecule has 1 amide bonds. The zero-order valence-electron chi connectivity index (χ0n) is 22.1. The maximum absolute atomic E-state index is 12.4. The number of carboxylic acids is 2. The van der Waals surface area contributed by atoms with E-state index >= 15 is 0 Å². The van der Waals surface area contributed by atoms with Crippen molar-refractivity contribution in [2.24, 2.45) is 0 Å². The molecular formula is C27H41N3O7. The van der Waals surface area contributed by atoms with E-state index in [2.05, 4.69) is 34.1 Å². The number of likely N-dealkylation sites (tertiary alicyclic amines) is 2. The molecule has 10 nitrogen and oxygen atoms in total. The third kappa shape index (κ3) is 8.15. The monoisotopic (exact) mass is 519 g/mol. The summed E-state index contributed by atoms with van der Waals surface area (Å²) in [5, 5.41) is 14.8. The number of benzene rings is 1. The highest BCUT2D eigenvalue weighted by Gasteiger charge is 2.61. The second-order valence-electron chi connectivity index (χ2n) is 9.97. The highest BCUT2D eigenvalue weighted by atomic mass is 16.5. The molecule has 5 rings (SSSR count). The van der Waals surface area contributed by atoms with E-state index in [9.17, 15) is 4.79 Å². The molecule has 1 spiro atoms. The smallest absolute Gasteiger partial charge is 0.300 e. The third-order valence-electron chi connectivity index (χ3n) is 7.13. The van der Waals surface area contributed by atoms with Gasteiger partial charge in [-0.05, 0) is 50.0 Å². The average Bonchev–Trinajstić information content (AvgIpc) is 3.49. The number of nitrogens with zero attached hydrogens (tertiary/aromatic N) is 3. The lowest BCUT2D eigenvalue weighted by Crippen LogP contribution is -2.47. The Bertz CT molecular complexity index is 901. The zero-order valence-corrected chi connectivity index (χ0v) is 22.1. The number of hydrogen-bond acceptors (Lipinski definition) is 7. The normalized spacial score (nSPS) is 24.9. The summed E-state index contributed by atoms with van der Waals surface area (Å²) in [6.07, 6.45) is 6.67. The molecule has 4 saturated heterocycles. The van der Waals surface area contributed by atoms with Gasteiger partial charge >= 0.3 is 0 Å². The van der Waals surface area contributed by atoms with Crippen LogP contribution in [0.25, 0.3) is 0 Å². The van der Waals surface area contributed by atoms with E-state index in [0.717, 1.165) is 65.2 Å². The lowest BCUT2D eigenvalue weighted by Gasteiger charge is -2.31. The van der Waals surface area contributed by atoms with Crippen molar-refractivity contribution >= 4 is 17.8 Å². The first-order chi connectivity index (χ1) is 17.7. The number of aliphatic carboxylic acids is 2. The third-order valence-corrected chi connectivity index (χ3v) is 7.13. The molecule has 0 unspecified atom stereocenters. The maximum atomic E-state index is 12.4. The van der Waals surface area contributed by atoms with Crippen molar-refractivity contribution in [1.82, 2.24) is 14.7 Å². The molecule has 4 aliphatic rings. The van der Waals surface area contributed by atoms with Crippen molar-refractivity contribution in [1.29, 1.82) is 0 Å². The molecule has 10 heteroatoms. The van der Waals surface area contributed by atoms with Gasteiger partial charge in [-0.15, -0.1) is 0 Å². The van der Waals surface area contributed by atoms with Gasteiger partial charge in [-0.25, -0.2) is 0 Å². The van der Waals surface area contributed by atoms with Gasteiger partial charge in [-0.1, -0.05) is 18.6 Å². The number of piperidine rings is 1. The van der Waals surface area contributed by atoms with Crippen molar-refractivity contribution in [3.63, 3.8) is 0 Å². The first-order valence-corrected chi connectivity index (χ1v) is 13.2. The molecule has 4 aliphatic heterocycles. The summed E-state index contributed by atoms with van der Waals surface area (Å²) in [5.41, 5.74) is 0.902. The van der Waals surface area contributed by atoms with E-state index in [1.807, 2.05) is 4.90 Å². The van der Waals surface area contributed by atoms with Crippen LogP contribution in [0.15, 0.2) is 24.3 Å². The van der Waals surface area contributed by atoms with E-state index in [0.29, 0.717) is 13.0 Å². The van der Waals surface area contributed by atoms with Crippen LogP contribution in [0.3, 0.4) is 0 Å². The van der Waals surface area contributed by atoms with Crippen LogP contribution in [0.4, 0.5) is 0 Å². The summed E-state index contributed by atoms with van der Waals surface area (Å²) < 4.78 is 12.1. The highest BCUT2D eigenvalue weighted by Crippen LogP contribution is 2.46. The minimum Gasteiger partial charge on any atom is -0.494 e. The minimum absolute atomic E-state index is 0.187. The predicted octanol–water partition coefficient (Wildman–Crippen LogP) is 2.66. The largest absolute Gasteiger partial charge is 0.494 e. The molecule has 0 aliphatic carbocycles. The number of carboxylic acid groups (broad SMARTS) is 2. The fourth-order valence-electron chi connectivity index (χ4n) is 5.69. The van der Waals surface area contributed by atoms with Gasteiger partial charge in [-0.2, -0.15) is 0 Å². The molecule has 1 aromatic rings. The second kappa shape index (κ2) is 13.7. The Morgan fingerprint density at radius 2 is 1.78 bits per heavy atom. The van der Waals surface area contributed by atoms with Gasteiger partial charge in [0.05, 0.1) is 19.3 Å². The molecule has 0 radical (unpaired) electrons. The molecule has 0 aromatic heterocycles. The lowest BCUT2D eigenvalue weighted by molar-refractivity contribution is -0.137. The fourth-order valence-corrected chi connectivity index (χ4v) is 5.69. The summed E-state index contributed by atoms with van der Waals surface area (Å²) in [6.45, 7) is 9.84. The SMILES string of the molecule is CC(=O)O.CC(=O)O.O=C1C[C@H]2N(Cc3cccc(OCCCN4CCCCC4)c3)CC[C@]23OCCN13. The Morgan fingerprint density at radius 1 is 1.08 bits per heavy atom. The fraction of sp³-hybridized carbons (Fsp3) is 0.667. The number of rotatable bonds is 7. The summed E-state index contributed by atoms with van der Waals surface area (Å²) in [6, 6.07) is 8.65. The number of carbonyl (C=O) groups is 3. The Labute approximate surface area is 219 Å². The van der Waals surface area contributed by atoms with Gasteiger partial charge in [0.2, 0.25) is 5.91 Å². The van der Waals surface area contributed by atoms with Crippen LogP contribution in [0.2, 0.25) is 0 Å². The first-order valence-electron chi connectivity index (χ1n) is 13.2. The number of hydrogen-bond donors (Lipinski definition) is 2. The molecule has 0 bridgehead atoms. The van der Waals surface area contributed by atoms with Crippen molar-refractivity contribution in [2.45, 2.75) is 70.7 Å². The van der Waals surface area contributed by atoms with E-state index in [4.69, 9.17) is 29.3 Å². The highest BCUT2D eigenvalue weighted by molar-refractivity contribution is 5.81. The Morgan fingerprint density at radius 3 is 2.49 bits per heavy atom. The van der Waals surface area contributed by atoms with E-state index in [-0.39, 0.29) is 17.7 Å². The lowest BCUT2D eigenvalue weighted by atomic mass is 10.1. The van der Waals surface area contributed by atoms with Gasteiger partial charge in [-0.3, -0.25) is 19.3 Å². The van der Waals surface area contributed by atoms with Crippen LogP contribution in [0.5, 0.6) is 5.75 Å². The van der Waals surface area contributed by atoms with Gasteiger partial charge < -0.3 is 29.5 Å². The van der Waals surface area contributed by atoms with E-state index < -0.39 is 11.9 Å². The van der Waals surface area contributed by atoms with Crippen LogP contribution in [-0.2, 0) is 25.7 Å². The molecule has 206 valence electrons. The second-order valence-corrected chi connectivity index (χ2v) is 9.97. The summed E-state index contributed by atoms with van der Waals surface area (Å²) in [5.74, 6) is -0.459. The van der Waals surface area contributed by atoms with E-state index in [1.165, 1.54) is 37.9 Å². The number of ether oxygens (including phenoxy) is 2. The number of amides is 1. The van der Waals surface area contributed by atoms with Crippen molar-refractivity contribution in [2.75, 3.05) is 45.9 Å². The van der Waals surface area contributed by atoms with Crippen LogP contribution in [0, 0.1) is 0 Å². The van der Waals surface area contributed by atoms with Gasteiger partial charge in [0.25, 0.3) is 11.9 Å². The Balaban J connectivity index is 0.000000420. The summed E-state index contributed by atoms with van der Waals surface area (Å²) in [4.78, 5) is 37.3. The Kier molecular flexibility index (Phi) is 10.7. The standard InChI is InChI=1S/C23H33N3O3.2C2H4O2/c27-22-17-21-23(26(22)13-15-29-23)8-12-25(21)18-19-6-4-7-20(16-19)28-14-5-11-24-9-2-1-3-10-24;2*1-2(3)4/h4,6-7,16,21H,1-3,5,8-15,17-18H2;2*1H3,(H,3,4)/t21-,23+;;/m1../s1. The van der Waals surface area contributed by atoms with Crippen LogP contribution in [0.1, 0.15) is 57.9 Å². The first kappa shape index (κ1) is 28.9. The van der Waals surface area contributed by atoms with Crippen LogP contribution in [-0.4, -0.2) is 100 Å². The quantitative estimate of drug-likeness (QED) is 0.524. The van der Waals surface area contributed by atoms with Crippen LogP contribution < -0.4 is 4.74 Å². The predicted molar refractivity (Wildman–Crippen MR) is 137 cm³/mol. The molecule has 37 heavy (non-hydrogen) atoms. The van der Waals surface area contributed by atoms with Crippen LogP contribution >= 0.6 is 0 Å². The molecule has 4 fully saturated rings. The molecule has 1 aromatic carbocycles. The summed E-state index contributed by atoms with van der Waals surface area (Å²) >= 11 is 0. The van der Waals surface area contributed by atoms with E-state index in [1.54, 1.807) is 0 Å². The molecule has 0 saturated carbocycles. The van der Waals surface area contributed by atoms with Crippen molar-refractivity contribution in [3.05, 3.63) is 29.8 Å². The average molecular weight is 520 g/mol. The molecule has 4 heterocycles. The molecule has 2 N–H and O–H groups in total. The maximum Gasteiger partial charge on any atom is 0.300 e. The zero-order chi connectivity index (χ0) is 26.8. The van der Waals surface area contributed by atoms with Crippen molar-refractivity contribution < 1.29 is 34.1 Å². The topological polar surface area (TPSA) is 120 Å².